The van der Waals surface area contributed by atoms with Crippen LogP contribution in [0.2, 0.25) is 5.02 Å². The molecule has 0 bridgehead atoms. The second-order valence-electron chi connectivity index (χ2n) is 7.36. The molecule has 1 aromatic heterocycles. The number of nitrogens with zero attached hydrogens (tertiary/aromatic N) is 2. The first kappa shape index (κ1) is 21.0. The molecule has 0 saturated carbocycles. The highest BCUT2D eigenvalue weighted by Gasteiger charge is 2.19. The molecule has 1 saturated heterocycles. The quantitative estimate of drug-likeness (QED) is 0.359. The SMILES string of the molecule is CN=C(NCCc1c[nH]c2ccc(Cl)cc12)NC1CCN(CCCOC)CC1. The number of ether oxygens (including phenoxy) is 1. The summed E-state index contributed by atoms with van der Waals surface area (Å²) in [5, 5.41) is 8.99. The average molecular weight is 406 g/mol. The van der Waals surface area contributed by atoms with Gasteiger partial charge in [-0.15, -0.1) is 0 Å². The summed E-state index contributed by atoms with van der Waals surface area (Å²) in [6.07, 6.45) is 6.39. The maximum absolute atomic E-state index is 6.14. The number of fused-ring (bicyclic) bond motifs is 1. The number of nitrogens with one attached hydrogen (secondary N) is 3. The van der Waals surface area contributed by atoms with Crippen molar-refractivity contribution in [2.24, 2.45) is 4.99 Å². The van der Waals surface area contributed by atoms with Gasteiger partial charge in [0, 0.05) is 75.1 Å². The first-order chi connectivity index (χ1) is 13.7. The van der Waals surface area contributed by atoms with Crippen molar-refractivity contribution in [3.05, 3.63) is 35.0 Å². The lowest BCUT2D eigenvalue weighted by Crippen LogP contribution is -2.49. The lowest BCUT2D eigenvalue weighted by molar-refractivity contribution is 0.155. The maximum atomic E-state index is 6.14. The van der Waals surface area contributed by atoms with Crippen molar-refractivity contribution < 1.29 is 4.74 Å². The van der Waals surface area contributed by atoms with Crippen molar-refractivity contribution in [3.63, 3.8) is 0 Å². The molecular weight excluding hydrogens is 374 g/mol. The summed E-state index contributed by atoms with van der Waals surface area (Å²) in [4.78, 5) is 10.2. The van der Waals surface area contributed by atoms with E-state index in [4.69, 9.17) is 16.3 Å². The molecular formula is C21H32ClN5O. The molecule has 0 spiro atoms. The Kier molecular flexibility index (Phi) is 8.01. The molecule has 28 heavy (non-hydrogen) atoms. The van der Waals surface area contributed by atoms with Crippen LogP contribution in [0.25, 0.3) is 10.9 Å². The summed E-state index contributed by atoms with van der Waals surface area (Å²) < 4.78 is 5.14. The number of hydrogen-bond acceptors (Lipinski definition) is 3. The Morgan fingerprint density at radius 1 is 1.36 bits per heavy atom. The highest BCUT2D eigenvalue weighted by atomic mass is 35.5. The number of hydrogen-bond donors (Lipinski definition) is 3. The molecule has 3 N–H and O–H groups in total. The van der Waals surface area contributed by atoms with Crippen molar-refractivity contribution >= 4 is 28.5 Å². The fourth-order valence-corrected chi connectivity index (χ4v) is 3.97. The van der Waals surface area contributed by atoms with Crippen LogP contribution >= 0.6 is 11.6 Å². The number of piperidine rings is 1. The van der Waals surface area contributed by atoms with Crippen LogP contribution in [0.3, 0.4) is 0 Å². The minimum Gasteiger partial charge on any atom is -0.385 e. The van der Waals surface area contributed by atoms with Gasteiger partial charge in [-0.2, -0.15) is 0 Å². The van der Waals surface area contributed by atoms with Crippen LogP contribution in [0.4, 0.5) is 0 Å². The molecule has 0 radical (unpaired) electrons. The Bertz CT molecular complexity index is 767. The molecule has 0 amide bonds. The van der Waals surface area contributed by atoms with E-state index in [0.29, 0.717) is 6.04 Å². The fourth-order valence-electron chi connectivity index (χ4n) is 3.79. The zero-order valence-corrected chi connectivity index (χ0v) is 17.7. The highest BCUT2D eigenvalue weighted by Crippen LogP contribution is 2.22. The Morgan fingerprint density at radius 2 is 2.18 bits per heavy atom. The number of methoxy groups -OCH3 is 1. The van der Waals surface area contributed by atoms with E-state index in [1.54, 1.807) is 7.11 Å². The van der Waals surface area contributed by atoms with Crippen LogP contribution in [0, 0.1) is 0 Å². The molecule has 7 heteroatoms. The first-order valence-corrected chi connectivity index (χ1v) is 10.5. The number of aliphatic imine (C=N–C) groups is 1. The summed E-state index contributed by atoms with van der Waals surface area (Å²) in [5.41, 5.74) is 2.39. The van der Waals surface area contributed by atoms with E-state index in [9.17, 15) is 0 Å². The normalized spacial score (nSPS) is 16.6. The molecule has 2 aromatic rings. The van der Waals surface area contributed by atoms with E-state index in [1.165, 1.54) is 10.9 Å². The lowest BCUT2D eigenvalue weighted by Gasteiger charge is -2.33. The number of aromatic amines is 1. The minimum absolute atomic E-state index is 0.483. The molecule has 3 rings (SSSR count). The third-order valence-electron chi connectivity index (χ3n) is 5.39. The summed E-state index contributed by atoms with van der Waals surface area (Å²) in [7, 11) is 3.60. The summed E-state index contributed by atoms with van der Waals surface area (Å²) in [6.45, 7) is 5.07. The van der Waals surface area contributed by atoms with Crippen LogP contribution in [0.5, 0.6) is 0 Å². The number of halogens is 1. The van der Waals surface area contributed by atoms with Crippen molar-refractivity contribution in [3.8, 4) is 0 Å². The fraction of sp³-hybridized carbons (Fsp3) is 0.571. The molecule has 2 heterocycles. The van der Waals surface area contributed by atoms with Gasteiger partial charge in [-0.1, -0.05) is 11.6 Å². The van der Waals surface area contributed by atoms with Crippen LogP contribution in [0.1, 0.15) is 24.8 Å². The van der Waals surface area contributed by atoms with E-state index in [2.05, 4.69) is 31.7 Å². The molecule has 1 fully saturated rings. The van der Waals surface area contributed by atoms with Gasteiger partial charge in [0.1, 0.15) is 0 Å². The van der Waals surface area contributed by atoms with Crippen molar-refractivity contribution in [2.75, 3.05) is 46.9 Å². The van der Waals surface area contributed by atoms with Crippen LogP contribution in [0.15, 0.2) is 29.4 Å². The van der Waals surface area contributed by atoms with Gasteiger partial charge in [0.05, 0.1) is 0 Å². The van der Waals surface area contributed by atoms with E-state index in [1.807, 2.05) is 25.2 Å². The molecule has 0 aliphatic carbocycles. The second-order valence-corrected chi connectivity index (χ2v) is 7.80. The number of H-pyrrole nitrogens is 1. The Balaban J connectivity index is 1.41. The minimum atomic E-state index is 0.483. The molecule has 1 aromatic carbocycles. The summed E-state index contributed by atoms with van der Waals surface area (Å²) in [5.74, 6) is 0.885. The number of aromatic nitrogens is 1. The zero-order chi connectivity index (χ0) is 19.8. The molecule has 0 atom stereocenters. The van der Waals surface area contributed by atoms with E-state index in [0.717, 1.165) is 75.0 Å². The van der Waals surface area contributed by atoms with Gasteiger partial charge in [0.2, 0.25) is 0 Å². The predicted octanol–water partition coefficient (Wildman–Crippen LogP) is 3.03. The van der Waals surface area contributed by atoms with E-state index >= 15 is 0 Å². The molecule has 1 aliphatic rings. The number of guanidine groups is 1. The number of likely N-dealkylation sites (tertiary alicyclic amines) is 1. The third kappa shape index (κ3) is 5.87. The molecule has 6 nitrogen and oxygen atoms in total. The topological polar surface area (TPSA) is 64.7 Å². The molecule has 1 aliphatic heterocycles. The lowest BCUT2D eigenvalue weighted by atomic mass is 10.1. The summed E-state index contributed by atoms with van der Waals surface area (Å²) >= 11 is 6.14. The van der Waals surface area contributed by atoms with Gasteiger partial charge in [0.25, 0.3) is 0 Å². The second kappa shape index (κ2) is 10.7. The highest BCUT2D eigenvalue weighted by molar-refractivity contribution is 6.31. The monoisotopic (exact) mass is 405 g/mol. The van der Waals surface area contributed by atoms with E-state index < -0.39 is 0 Å². The Morgan fingerprint density at radius 3 is 2.93 bits per heavy atom. The molecule has 154 valence electrons. The third-order valence-corrected chi connectivity index (χ3v) is 5.63. The van der Waals surface area contributed by atoms with Gasteiger partial charge >= 0.3 is 0 Å². The van der Waals surface area contributed by atoms with Gasteiger partial charge in [-0.25, -0.2) is 0 Å². The van der Waals surface area contributed by atoms with Crippen molar-refractivity contribution in [2.45, 2.75) is 31.7 Å². The van der Waals surface area contributed by atoms with Crippen molar-refractivity contribution in [1.82, 2.24) is 20.5 Å². The first-order valence-electron chi connectivity index (χ1n) is 10.1. The summed E-state index contributed by atoms with van der Waals surface area (Å²) in [6, 6.07) is 6.45. The predicted molar refractivity (Wildman–Crippen MR) is 117 cm³/mol. The standard InChI is InChI=1S/C21H32ClN5O/c1-23-21(26-18-7-11-27(12-8-18)10-3-13-28-2)24-9-6-16-15-25-20-5-4-17(22)14-19(16)20/h4-5,14-15,18,25H,3,6-13H2,1-2H3,(H2,23,24,26). The van der Waals surface area contributed by atoms with Gasteiger partial charge in [-0.3, -0.25) is 4.99 Å². The van der Waals surface area contributed by atoms with Gasteiger partial charge < -0.3 is 25.3 Å². The largest absolute Gasteiger partial charge is 0.385 e. The van der Waals surface area contributed by atoms with Crippen LogP contribution < -0.4 is 10.6 Å². The number of benzene rings is 1. The van der Waals surface area contributed by atoms with E-state index in [-0.39, 0.29) is 0 Å². The number of rotatable bonds is 8. The zero-order valence-electron chi connectivity index (χ0n) is 16.9. The Hall–Kier alpha value is -1.76. The maximum Gasteiger partial charge on any atom is 0.191 e. The average Bonchev–Trinajstić information content (AvgIpc) is 3.10. The van der Waals surface area contributed by atoms with Crippen molar-refractivity contribution in [1.29, 1.82) is 0 Å². The van der Waals surface area contributed by atoms with Gasteiger partial charge in [-0.05, 0) is 49.4 Å². The smallest absolute Gasteiger partial charge is 0.191 e. The Labute approximate surface area is 172 Å². The molecule has 0 unspecified atom stereocenters. The van der Waals surface area contributed by atoms with Crippen LogP contribution in [-0.4, -0.2) is 68.8 Å². The van der Waals surface area contributed by atoms with Crippen LogP contribution in [-0.2, 0) is 11.2 Å². The van der Waals surface area contributed by atoms with Gasteiger partial charge in [0.15, 0.2) is 5.96 Å².